The fourth-order valence-electron chi connectivity index (χ4n) is 3.03. The number of pyridine rings is 1. The monoisotopic (exact) mass is 386 g/mol. The first-order valence-corrected chi connectivity index (χ1v) is 9.49. The lowest BCUT2D eigenvalue weighted by Crippen LogP contribution is -2.49. The molecule has 6 nitrogen and oxygen atoms in total. The molecule has 142 valence electrons. The van der Waals surface area contributed by atoms with Crippen LogP contribution in [0.5, 0.6) is 0 Å². The van der Waals surface area contributed by atoms with Gasteiger partial charge >= 0.3 is 0 Å². The van der Waals surface area contributed by atoms with Gasteiger partial charge in [0.05, 0.1) is 0 Å². The van der Waals surface area contributed by atoms with Crippen molar-refractivity contribution in [2.75, 3.05) is 37.6 Å². The molecule has 3 rings (SSSR count). The molecule has 0 bridgehead atoms. The summed E-state index contributed by atoms with van der Waals surface area (Å²) in [5.41, 5.74) is 0.566. The summed E-state index contributed by atoms with van der Waals surface area (Å²) >= 11 is 5.82. The Morgan fingerprint density at radius 2 is 1.78 bits per heavy atom. The second kappa shape index (κ2) is 9.37. The van der Waals surface area contributed by atoms with Crippen LogP contribution < -0.4 is 10.2 Å². The average molecular weight is 387 g/mol. The molecule has 0 saturated carbocycles. The molecule has 1 saturated heterocycles. The van der Waals surface area contributed by atoms with Crippen LogP contribution in [-0.2, 0) is 4.79 Å². The summed E-state index contributed by atoms with van der Waals surface area (Å²) in [6, 6.07) is 12.6. The molecule has 1 aliphatic rings. The number of hydrogen-bond donors (Lipinski definition) is 1. The molecule has 1 N–H and O–H groups in total. The van der Waals surface area contributed by atoms with Crippen molar-refractivity contribution in [2.45, 2.75) is 12.8 Å². The van der Waals surface area contributed by atoms with E-state index in [4.69, 9.17) is 11.6 Å². The van der Waals surface area contributed by atoms with Gasteiger partial charge in [-0.2, -0.15) is 0 Å². The Morgan fingerprint density at radius 3 is 2.44 bits per heavy atom. The molecule has 2 heterocycles. The molecule has 7 heteroatoms. The van der Waals surface area contributed by atoms with Crippen LogP contribution in [0.2, 0.25) is 5.02 Å². The van der Waals surface area contributed by atoms with E-state index >= 15 is 0 Å². The van der Waals surface area contributed by atoms with Crippen LogP contribution in [0, 0.1) is 0 Å². The zero-order valence-electron chi connectivity index (χ0n) is 15.1. The van der Waals surface area contributed by atoms with E-state index < -0.39 is 0 Å². The summed E-state index contributed by atoms with van der Waals surface area (Å²) < 4.78 is 0. The van der Waals surface area contributed by atoms with Crippen molar-refractivity contribution in [3.05, 3.63) is 59.2 Å². The number of carbonyl (C=O) groups is 2. The second-order valence-corrected chi connectivity index (χ2v) is 6.86. The zero-order chi connectivity index (χ0) is 19.1. The van der Waals surface area contributed by atoms with Crippen LogP contribution in [0.1, 0.15) is 23.2 Å². The first-order chi connectivity index (χ1) is 13.1. The molecule has 27 heavy (non-hydrogen) atoms. The second-order valence-electron chi connectivity index (χ2n) is 6.42. The third-order valence-electron chi connectivity index (χ3n) is 4.57. The third kappa shape index (κ3) is 5.44. The summed E-state index contributed by atoms with van der Waals surface area (Å²) in [7, 11) is 0. The van der Waals surface area contributed by atoms with Crippen LogP contribution in [0.4, 0.5) is 5.82 Å². The minimum atomic E-state index is -0.150. The van der Waals surface area contributed by atoms with Crippen LogP contribution in [0.15, 0.2) is 48.7 Å². The Bertz CT molecular complexity index is 759. The van der Waals surface area contributed by atoms with Crippen LogP contribution in [0.25, 0.3) is 0 Å². The van der Waals surface area contributed by atoms with E-state index in [0.29, 0.717) is 43.1 Å². The van der Waals surface area contributed by atoms with Crippen molar-refractivity contribution in [1.82, 2.24) is 15.2 Å². The fraction of sp³-hybridized carbons (Fsp3) is 0.350. The highest BCUT2D eigenvalue weighted by Gasteiger charge is 2.21. The highest BCUT2D eigenvalue weighted by molar-refractivity contribution is 6.30. The van der Waals surface area contributed by atoms with Crippen molar-refractivity contribution >= 4 is 29.2 Å². The Kier molecular flexibility index (Phi) is 6.65. The van der Waals surface area contributed by atoms with E-state index in [0.717, 1.165) is 18.9 Å². The van der Waals surface area contributed by atoms with E-state index in [2.05, 4.69) is 15.2 Å². The predicted octanol–water partition coefficient (Wildman–Crippen LogP) is 2.59. The van der Waals surface area contributed by atoms with Crippen LogP contribution >= 0.6 is 11.6 Å². The van der Waals surface area contributed by atoms with Gasteiger partial charge in [-0.3, -0.25) is 9.59 Å². The van der Waals surface area contributed by atoms with E-state index in [1.807, 2.05) is 23.1 Å². The highest BCUT2D eigenvalue weighted by atomic mass is 35.5. The quantitative estimate of drug-likeness (QED) is 0.775. The maximum Gasteiger partial charge on any atom is 0.251 e. The van der Waals surface area contributed by atoms with Gasteiger partial charge in [-0.1, -0.05) is 17.7 Å². The van der Waals surface area contributed by atoms with E-state index in [9.17, 15) is 9.59 Å². The lowest BCUT2D eigenvalue weighted by Gasteiger charge is -2.35. The average Bonchev–Trinajstić information content (AvgIpc) is 2.72. The Morgan fingerprint density at radius 1 is 1.04 bits per heavy atom. The first kappa shape index (κ1) is 19.2. The minimum absolute atomic E-state index is 0.136. The van der Waals surface area contributed by atoms with Gasteiger partial charge in [-0.15, -0.1) is 0 Å². The molecule has 0 atom stereocenters. The largest absolute Gasteiger partial charge is 0.353 e. The molecule has 2 amide bonds. The Hall–Kier alpha value is -2.60. The number of rotatable bonds is 6. The van der Waals surface area contributed by atoms with Gasteiger partial charge in [0.2, 0.25) is 5.91 Å². The number of benzene rings is 1. The molecule has 0 aliphatic carbocycles. The number of anilines is 1. The smallest absolute Gasteiger partial charge is 0.251 e. The molecule has 1 fully saturated rings. The third-order valence-corrected chi connectivity index (χ3v) is 4.82. The number of piperazine rings is 1. The molecule has 0 unspecified atom stereocenters. The van der Waals surface area contributed by atoms with Crippen molar-refractivity contribution < 1.29 is 9.59 Å². The molecule has 2 aromatic rings. The number of carbonyl (C=O) groups excluding carboxylic acids is 2. The normalized spacial score (nSPS) is 14.1. The maximum absolute atomic E-state index is 12.4. The number of nitrogens with one attached hydrogen (secondary N) is 1. The van der Waals surface area contributed by atoms with Gasteiger partial charge in [0, 0.05) is 55.9 Å². The highest BCUT2D eigenvalue weighted by Crippen LogP contribution is 2.13. The molecule has 1 aromatic heterocycles. The minimum Gasteiger partial charge on any atom is -0.353 e. The summed E-state index contributed by atoms with van der Waals surface area (Å²) in [4.78, 5) is 32.8. The Labute approximate surface area is 164 Å². The van der Waals surface area contributed by atoms with Crippen molar-refractivity contribution in [2.24, 2.45) is 0 Å². The predicted molar refractivity (Wildman–Crippen MR) is 106 cm³/mol. The van der Waals surface area contributed by atoms with Crippen molar-refractivity contribution in [3.8, 4) is 0 Å². The number of hydrogen-bond acceptors (Lipinski definition) is 4. The topological polar surface area (TPSA) is 65.5 Å². The number of nitrogens with zero attached hydrogens (tertiary/aromatic N) is 3. The van der Waals surface area contributed by atoms with Crippen molar-refractivity contribution in [1.29, 1.82) is 0 Å². The van der Waals surface area contributed by atoms with E-state index in [-0.39, 0.29) is 11.8 Å². The molecular weight excluding hydrogens is 364 g/mol. The van der Waals surface area contributed by atoms with Gasteiger partial charge in [0.15, 0.2) is 0 Å². The lowest BCUT2D eigenvalue weighted by atomic mass is 10.2. The van der Waals surface area contributed by atoms with Gasteiger partial charge < -0.3 is 15.1 Å². The van der Waals surface area contributed by atoms with Crippen LogP contribution in [-0.4, -0.2) is 54.4 Å². The SMILES string of the molecule is O=C(NCCCC(=O)N1CCN(c2ccccn2)CC1)c1ccc(Cl)cc1. The van der Waals surface area contributed by atoms with Gasteiger partial charge in [-0.05, 0) is 42.8 Å². The molecule has 0 spiro atoms. The summed E-state index contributed by atoms with van der Waals surface area (Å²) in [6.07, 6.45) is 2.84. The standard InChI is InChI=1S/C20H23ClN4O2/c21-17-8-6-16(7-9-17)20(27)23-11-3-5-19(26)25-14-12-24(13-15-25)18-4-1-2-10-22-18/h1-2,4,6-10H,3,5,11-15H2,(H,23,27). The zero-order valence-corrected chi connectivity index (χ0v) is 15.9. The molecular formula is C20H23ClN4O2. The van der Waals surface area contributed by atoms with Gasteiger partial charge in [-0.25, -0.2) is 4.98 Å². The van der Waals surface area contributed by atoms with E-state index in [1.165, 1.54) is 0 Å². The van der Waals surface area contributed by atoms with Crippen LogP contribution in [0.3, 0.4) is 0 Å². The lowest BCUT2D eigenvalue weighted by molar-refractivity contribution is -0.131. The molecule has 1 aromatic carbocycles. The number of halogens is 1. The van der Waals surface area contributed by atoms with Gasteiger partial charge in [0.1, 0.15) is 5.82 Å². The summed E-state index contributed by atoms with van der Waals surface area (Å²) in [6.45, 7) is 3.45. The fourth-order valence-corrected chi connectivity index (χ4v) is 3.15. The summed E-state index contributed by atoms with van der Waals surface area (Å²) in [5.74, 6) is 0.939. The molecule has 0 radical (unpaired) electrons. The Balaban J connectivity index is 1.35. The molecule has 1 aliphatic heterocycles. The first-order valence-electron chi connectivity index (χ1n) is 9.11. The van der Waals surface area contributed by atoms with Gasteiger partial charge in [0.25, 0.3) is 5.91 Å². The maximum atomic E-state index is 12.4. The summed E-state index contributed by atoms with van der Waals surface area (Å²) in [5, 5.41) is 3.43. The number of aromatic nitrogens is 1. The number of amides is 2. The van der Waals surface area contributed by atoms with E-state index in [1.54, 1.807) is 30.5 Å². The van der Waals surface area contributed by atoms with Crippen molar-refractivity contribution in [3.63, 3.8) is 0 Å².